The fourth-order valence-corrected chi connectivity index (χ4v) is 4.26. The highest BCUT2D eigenvalue weighted by Gasteiger charge is 2.24. The highest BCUT2D eigenvalue weighted by atomic mass is 35.5. The van der Waals surface area contributed by atoms with Crippen LogP contribution in [0.2, 0.25) is 4.34 Å². The maximum Gasteiger partial charge on any atom is 0.252 e. The summed E-state index contributed by atoms with van der Waals surface area (Å²) in [5.74, 6) is -0.399. The zero-order chi connectivity index (χ0) is 16.6. The zero-order valence-electron chi connectivity index (χ0n) is 12.4. The van der Waals surface area contributed by atoms with E-state index in [1.165, 1.54) is 19.2 Å². The molecule has 0 unspecified atom stereocenters. The van der Waals surface area contributed by atoms with E-state index in [1.54, 1.807) is 7.11 Å². The van der Waals surface area contributed by atoms with Crippen LogP contribution in [-0.4, -0.2) is 65.7 Å². The summed E-state index contributed by atoms with van der Waals surface area (Å²) in [5, 5.41) is 2.59. The lowest BCUT2D eigenvalue weighted by molar-refractivity contribution is -0.121. The zero-order valence-corrected chi connectivity index (χ0v) is 14.8. The van der Waals surface area contributed by atoms with Crippen molar-refractivity contribution in [3.05, 3.63) is 16.5 Å². The standard InChI is InChI=1S/C12H19ClN2O5S2/c1-15(22(17,18)12-4-3-10(13)21-12)9-11(16)14-5-6-20-8-7-19-2/h3-4H,5-9H2,1-2H3,(H,14,16). The molecule has 1 amide bonds. The Bertz CT molecular complexity index is 576. The first-order valence-electron chi connectivity index (χ1n) is 6.43. The van der Waals surface area contributed by atoms with Gasteiger partial charge in [0.1, 0.15) is 4.21 Å². The fraction of sp³-hybridized carbons (Fsp3) is 0.583. The van der Waals surface area contributed by atoms with Gasteiger partial charge >= 0.3 is 0 Å². The smallest absolute Gasteiger partial charge is 0.252 e. The van der Waals surface area contributed by atoms with Gasteiger partial charge in [0, 0.05) is 20.7 Å². The summed E-state index contributed by atoms with van der Waals surface area (Å²) in [6.45, 7) is 1.31. The Labute approximate surface area is 139 Å². The number of carbonyl (C=O) groups is 1. The number of carbonyl (C=O) groups excluding carboxylic acids is 1. The van der Waals surface area contributed by atoms with Crippen LogP contribution in [0.15, 0.2) is 16.3 Å². The van der Waals surface area contributed by atoms with E-state index < -0.39 is 15.9 Å². The lowest BCUT2D eigenvalue weighted by atomic mass is 10.5. The number of hydrogen-bond acceptors (Lipinski definition) is 6. The minimum atomic E-state index is -3.70. The van der Waals surface area contributed by atoms with Gasteiger partial charge in [0.05, 0.1) is 30.7 Å². The average Bonchev–Trinajstić information content (AvgIpc) is 2.90. The molecule has 0 aliphatic heterocycles. The monoisotopic (exact) mass is 370 g/mol. The first-order chi connectivity index (χ1) is 10.4. The number of halogens is 1. The molecular formula is C12H19ClN2O5S2. The van der Waals surface area contributed by atoms with Crippen molar-refractivity contribution in [1.29, 1.82) is 0 Å². The molecule has 1 aromatic heterocycles. The second kappa shape index (κ2) is 9.43. The maximum atomic E-state index is 12.2. The lowest BCUT2D eigenvalue weighted by Gasteiger charge is -2.15. The van der Waals surface area contributed by atoms with Gasteiger partial charge in [0.15, 0.2) is 0 Å². The second-order valence-corrected chi connectivity index (χ2v) is 8.26. The molecule has 7 nitrogen and oxygen atoms in total. The molecule has 1 rings (SSSR count). The Morgan fingerprint density at radius 2 is 2.09 bits per heavy atom. The summed E-state index contributed by atoms with van der Waals surface area (Å²) in [6, 6.07) is 2.92. The van der Waals surface area contributed by atoms with Crippen molar-refractivity contribution in [3.8, 4) is 0 Å². The van der Waals surface area contributed by atoms with Crippen molar-refractivity contribution in [2.45, 2.75) is 4.21 Å². The Kier molecular flexibility index (Phi) is 8.29. The maximum absolute atomic E-state index is 12.2. The number of nitrogens with zero attached hydrogens (tertiary/aromatic N) is 1. The number of thiophene rings is 1. The van der Waals surface area contributed by atoms with E-state index in [-0.39, 0.29) is 10.8 Å². The van der Waals surface area contributed by atoms with E-state index in [2.05, 4.69) is 5.32 Å². The van der Waals surface area contributed by atoms with E-state index in [9.17, 15) is 13.2 Å². The predicted molar refractivity (Wildman–Crippen MR) is 84.8 cm³/mol. The third-order valence-electron chi connectivity index (χ3n) is 2.58. The number of sulfonamides is 1. The number of amides is 1. The highest BCUT2D eigenvalue weighted by Crippen LogP contribution is 2.27. The predicted octanol–water partition coefficient (Wildman–Crippen LogP) is 0.801. The molecule has 0 atom stereocenters. The largest absolute Gasteiger partial charge is 0.382 e. The van der Waals surface area contributed by atoms with Gasteiger partial charge in [0.25, 0.3) is 10.0 Å². The molecule has 0 fully saturated rings. The van der Waals surface area contributed by atoms with Gasteiger partial charge in [0.2, 0.25) is 5.91 Å². The van der Waals surface area contributed by atoms with E-state index in [0.29, 0.717) is 30.7 Å². The normalized spacial score (nSPS) is 11.8. The molecule has 0 aliphatic carbocycles. The number of likely N-dealkylation sites (N-methyl/N-ethyl adjacent to an activating group) is 1. The number of ether oxygens (including phenoxy) is 2. The summed E-state index contributed by atoms with van der Waals surface area (Å²) >= 11 is 6.68. The Balaban J connectivity index is 2.37. The second-order valence-electron chi connectivity index (χ2n) is 4.27. The van der Waals surface area contributed by atoms with Crippen LogP contribution in [0.25, 0.3) is 0 Å². The van der Waals surface area contributed by atoms with Crippen LogP contribution in [0.5, 0.6) is 0 Å². The molecule has 0 radical (unpaired) electrons. The molecule has 22 heavy (non-hydrogen) atoms. The van der Waals surface area contributed by atoms with Crippen LogP contribution < -0.4 is 5.32 Å². The van der Waals surface area contributed by atoms with Gasteiger partial charge in [-0.15, -0.1) is 11.3 Å². The van der Waals surface area contributed by atoms with E-state index in [4.69, 9.17) is 21.1 Å². The molecule has 1 heterocycles. The first-order valence-corrected chi connectivity index (χ1v) is 9.06. The van der Waals surface area contributed by atoms with Crippen molar-refractivity contribution < 1.29 is 22.7 Å². The Morgan fingerprint density at radius 1 is 1.36 bits per heavy atom. The number of nitrogens with one attached hydrogen (secondary N) is 1. The topological polar surface area (TPSA) is 84.9 Å². The van der Waals surface area contributed by atoms with Gasteiger partial charge in [-0.3, -0.25) is 4.79 Å². The third kappa shape index (κ3) is 6.19. The third-order valence-corrected chi connectivity index (χ3v) is 6.08. The van der Waals surface area contributed by atoms with Gasteiger partial charge in [-0.05, 0) is 12.1 Å². The Hall–Kier alpha value is -0.710. The summed E-state index contributed by atoms with van der Waals surface area (Å²) < 4.78 is 35.8. The number of hydrogen-bond donors (Lipinski definition) is 1. The molecule has 10 heteroatoms. The minimum Gasteiger partial charge on any atom is -0.382 e. The molecule has 0 bridgehead atoms. The molecule has 0 spiro atoms. The van der Waals surface area contributed by atoms with Crippen LogP contribution in [0.4, 0.5) is 0 Å². The summed E-state index contributed by atoms with van der Waals surface area (Å²) in [4.78, 5) is 11.7. The molecule has 0 aromatic carbocycles. The molecule has 1 N–H and O–H groups in total. The van der Waals surface area contributed by atoms with Gasteiger partial charge in [-0.2, -0.15) is 4.31 Å². The van der Waals surface area contributed by atoms with Crippen LogP contribution >= 0.6 is 22.9 Å². The van der Waals surface area contributed by atoms with Crippen LogP contribution in [-0.2, 0) is 24.3 Å². The van der Waals surface area contributed by atoms with Crippen molar-refractivity contribution in [3.63, 3.8) is 0 Å². The average molecular weight is 371 g/mol. The molecular weight excluding hydrogens is 352 g/mol. The molecule has 126 valence electrons. The van der Waals surface area contributed by atoms with E-state index >= 15 is 0 Å². The van der Waals surface area contributed by atoms with E-state index in [0.717, 1.165) is 15.6 Å². The van der Waals surface area contributed by atoms with Gasteiger partial charge < -0.3 is 14.8 Å². The summed E-state index contributed by atoms with van der Waals surface area (Å²) in [6.07, 6.45) is 0. The van der Waals surface area contributed by atoms with Gasteiger partial charge in [-0.25, -0.2) is 8.42 Å². The van der Waals surface area contributed by atoms with Crippen molar-refractivity contribution in [2.75, 3.05) is 47.1 Å². The highest BCUT2D eigenvalue weighted by molar-refractivity contribution is 7.91. The SMILES string of the molecule is COCCOCCNC(=O)CN(C)S(=O)(=O)c1ccc(Cl)s1. The summed E-state index contributed by atoms with van der Waals surface area (Å²) in [5.41, 5.74) is 0. The van der Waals surface area contributed by atoms with Gasteiger partial charge in [-0.1, -0.05) is 11.6 Å². The fourth-order valence-electron chi connectivity index (χ4n) is 1.44. The molecule has 0 saturated heterocycles. The number of rotatable bonds is 10. The van der Waals surface area contributed by atoms with E-state index in [1.807, 2.05) is 0 Å². The quantitative estimate of drug-likeness (QED) is 0.616. The van der Waals surface area contributed by atoms with Crippen LogP contribution in [0, 0.1) is 0 Å². The molecule has 0 saturated carbocycles. The summed E-state index contributed by atoms with van der Waals surface area (Å²) in [7, 11) is -0.781. The molecule has 1 aromatic rings. The van der Waals surface area contributed by atoms with Crippen LogP contribution in [0.1, 0.15) is 0 Å². The minimum absolute atomic E-state index is 0.107. The molecule has 0 aliphatic rings. The Morgan fingerprint density at radius 3 is 2.68 bits per heavy atom. The van der Waals surface area contributed by atoms with Crippen molar-refractivity contribution >= 4 is 38.9 Å². The van der Waals surface area contributed by atoms with Crippen molar-refractivity contribution in [2.24, 2.45) is 0 Å². The van der Waals surface area contributed by atoms with Crippen LogP contribution in [0.3, 0.4) is 0 Å². The number of methoxy groups -OCH3 is 1. The van der Waals surface area contributed by atoms with Crippen molar-refractivity contribution in [1.82, 2.24) is 9.62 Å². The lowest BCUT2D eigenvalue weighted by Crippen LogP contribution is -2.39. The first kappa shape index (κ1) is 19.3.